The molecule has 0 radical (unpaired) electrons. The second-order valence-corrected chi connectivity index (χ2v) is 18.7. The molecule has 1 aliphatic carbocycles. The highest BCUT2D eigenvalue weighted by Crippen LogP contribution is 2.57. The van der Waals surface area contributed by atoms with Crippen LogP contribution in [0.3, 0.4) is 0 Å². The summed E-state index contributed by atoms with van der Waals surface area (Å²) in [6, 6.07) is 70.2. The summed E-state index contributed by atoms with van der Waals surface area (Å²) in [5, 5.41) is 10.5. The molecule has 0 heteroatoms. The third kappa shape index (κ3) is 6.72. The maximum Gasteiger partial charge on any atom is 0.0215 e. The van der Waals surface area contributed by atoms with Crippen LogP contribution in [0.5, 0.6) is 0 Å². The van der Waals surface area contributed by atoms with Gasteiger partial charge in [0.1, 0.15) is 0 Å². The molecular formula is C65H58. The lowest BCUT2D eigenvalue weighted by atomic mass is 9.70. The van der Waals surface area contributed by atoms with Crippen molar-refractivity contribution in [2.24, 2.45) is 0 Å². The lowest BCUT2D eigenvalue weighted by molar-refractivity contribution is 0.436. The first-order valence-corrected chi connectivity index (χ1v) is 24.4. The van der Waals surface area contributed by atoms with E-state index in [1.54, 1.807) is 0 Å². The highest BCUT2D eigenvalue weighted by molar-refractivity contribution is 6.23. The van der Waals surface area contributed by atoms with E-state index in [9.17, 15) is 0 Å². The molecular weight excluding hydrogens is 781 g/mol. The highest BCUT2D eigenvalue weighted by atomic mass is 14.5. The van der Waals surface area contributed by atoms with Crippen molar-refractivity contribution in [1.29, 1.82) is 0 Å². The van der Waals surface area contributed by atoms with Gasteiger partial charge in [-0.05, 0) is 159 Å². The Morgan fingerprint density at radius 3 is 0.846 bits per heavy atom. The van der Waals surface area contributed by atoms with Gasteiger partial charge in [-0.1, -0.05) is 223 Å². The van der Waals surface area contributed by atoms with Gasteiger partial charge in [-0.15, -0.1) is 0 Å². The molecule has 0 aliphatic heterocycles. The minimum absolute atomic E-state index is 0.0995. The van der Waals surface area contributed by atoms with Crippen molar-refractivity contribution in [3.63, 3.8) is 0 Å². The van der Waals surface area contributed by atoms with Crippen LogP contribution in [0.2, 0.25) is 0 Å². The van der Waals surface area contributed by atoms with Crippen molar-refractivity contribution in [2.75, 3.05) is 0 Å². The van der Waals surface area contributed by atoms with Crippen LogP contribution in [0.1, 0.15) is 88.5 Å². The average Bonchev–Trinajstić information content (AvgIpc) is 3.60. The van der Waals surface area contributed by atoms with Crippen LogP contribution in [0.25, 0.3) is 98.7 Å². The van der Waals surface area contributed by atoms with Gasteiger partial charge in [-0.3, -0.25) is 0 Å². The molecule has 1 aliphatic rings. The molecule has 0 heterocycles. The van der Waals surface area contributed by atoms with Crippen molar-refractivity contribution < 1.29 is 0 Å². The molecule has 0 bridgehead atoms. The maximum absolute atomic E-state index is 2.61. The van der Waals surface area contributed by atoms with Crippen molar-refractivity contribution in [1.82, 2.24) is 0 Å². The molecule has 0 unspecified atom stereocenters. The molecule has 0 atom stereocenters. The van der Waals surface area contributed by atoms with Crippen LogP contribution in [0.15, 0.2) is 182 Å². The SMILES string of the molecule is CCCc1ccc(-c2c3ccccc3c(-c3ccc4c(c3)C(CCC)(CCC)c3cc(-c5c6ccccc6c(-c6ccc(CCC)cc6)c6ccccc56)ccc3-4)c3ccccc23)cc1. The Balaban J connectivity index is 1.10. The number of rotatable bonds is 12. The van der Waals surface area contributed by atoms with Crippen LogP contribution in [0, 0.1) is 0 Å². The zero-order valence-corrected chi connectivity index (χ0v) is 38.5. The van der Waals surface area contributed by atoms with Gasteiger partial charge in [0.25, 0.3) is 0 Å². The molecule has 10 aromatic carbocycles. The lowest BCUT2D eigenvalue weighted by Crippen LogP contribution is -2.25. The van der Waals surface area contributed by atoms with E-state index in [2.05, 4.69) is 210 Å². The molecule has 10 aromatic rings. The molecule has 0 saturated carbocycles. The van der Waals surface area contributed by atoms with Gasteiger partial charge < -0.3 is 0 Å². The number of aryl methyl sites for hydroxylation is 2. The summed E-state index contributed by atoms with van der Waals surface area (Å²) in [7, 11) is 0. The maximum atomic E-state index is 2.61. The molecule has 0 fully saturated rings. The molecule has 11 rings (SSSR count). The molecule has 0 nitrogen and oxygen atoms in total. The van der Waals surface area contributed by atoms with Crippen LogP contribution >= 0.6 is 0 Å². The van der Waals surface area contributed by atoms with E-state index in [4.69, 9.17) is 0 Å². The van der Waals surface area contributed by atoms with E-state index in [0.717, 1.165) is 51.4 Å². The minimum atomic E-state index is -0.0995. The Labute approximate surface area is 385 Å². The van der Waals surface area contributed by atoms with Gasteiger partial charge in [-0.25, -0.2) is 0 Å². The van der Waals surface area contributed by atoms with E-state index in [1.165, 1.54) is 121 Å². The second-order valence-electron chi connectivity index (χ2n) is 18.7. The van der Waals surface area contributed by atoms with Gasteiger partial charge >= 0.3 is 0 Å². The standard InChI is InChI=1S/C65H58/c1-5-17-43-27-31-45(32-28-43)61-51-19-9-13-23-55(51)63(56-24-14-10-20-52(56)61)47-35-37-49-50-38-36-48(42-60(50)65(39-7-3,40-8-4)59(49)41-47)64-57-25-15-11-21-53(57)62(54-22-12-16-26-58(54)64)46-33-29-44(18-6-2)30-34-46/h9-16,19-38,41-42H,5-8,17-18,39-40H2,1-4H3. The van der Waals surface area contributed by atoms with Gasteiger partial charge in [0.2, 0.25) is 0 Å². The summed E-state index contributed by atoms with van der Waals surface area (Å²) in [5.74, 6) is 0. The monoisotopic (exact) mass is 838 g/mol. The molecule has 0 aromatic heterocycles. The summed E-state index contributed by atoms with van der Waals surface area (Å²) < 4.78 is 0. The molecule has 0 spiro atoms. The Morgan fingerprint density at radius 1 is 0.292 bits per heavy atom. The molecule has 0 N–H and O–H groups in total. The van der Waals surface area contributed by atoms with E-state index in [-0.39, 0.29) is 5.41 Å². The van der Waals surface area contributed by atoms with Crippen LogP contribution in [-0.2, 0) is 18.3 Å². The third-order valence-electron chi connectivity index (χ3n) is 14.7. The van der Waals surface area contributed by atoms with Crippen molar-refractivity contribution >= 4 is 43.1 Å². The number of benzene rings is 10. The second kappa shape index (κ2) is 17.0. The molecule has 0 amide bonds. The zero-order valence-electron chi connectivity index (χ0n) is 38.5. The van der Waals surface area contributed by atoms with E-state index in [1.807, 2.05) is 0 Å². The van der Waals surface area contributed by atoms with Crippen LogP contribution < -0.4 is 0 Å². The first kappa shape index (κ1) is 41.0. The normalized spacial score (nSPS) is 12.9. The van der Waals surface area contributed by atoms with Gasteiger partial charge in [0.15, 0.2) is 0 Å². The lowest BCUT2D eigenvalue weighted by Gasteiger charge is -2.33. The fourth-order valence-corrected chi connectivity index (χ4v) is 12.1. The van der Waals surface area contributed by atoms with Crippen LogP contribution in [-0.4, -0.2) is 0 Å². The summed E-state index contributed by atoms with van der Waals surface area (Å²) >= 11 is 0. The predicted molar refractivity (Wildman–Crippen MR) is 282 cm³/mol. The fourth-order valence-electron chi connectivity index (χ4n) is 12.1. The summed E-state index contributed by atoms with van der Waals surface area (Å²) in [6.45, 7) is 9.28. The summed E-state index contributed by atoms with van der Waals surface area (Å²) in [5.41, 5.74) is 19.0. The van der Waals surface area contributed by atoms with Gasteiger partial charge in [0, 0.05) is 5.41 Å². The average molecular weight is 839 g/mol. The number of hydrogen-bond acceptors (Lipinski definition) is 0. The number of hydrogen-bond donors (Lipinski definition) is 0. The van der Waals surface area contributed by atoms with Crippen LogP contribution in [0.4, 0.5) is 0 Å². The van der Waals surface area contributed by atoms with Gasteiger partial charge in [-0.2, -0.15) is 0 Å². The Bertz CT molecular complexity index is 3050. The minimum Gasteiger partial charge on any atom is -0.0653 e. The molecule has 318 valence electrons. The summed E-state index contributed by atoms with van der Waals surface area (Å²) in [6.07, 6.45) is 8.97. The van der Waals surface area contributed by atoms with E-state index < -0.39 is 0 Å². The third-order valence-corrected chi connectivity index (χ3v) is 14.7. The first-order chi connectivity index (χ1) is 32.1. The van der Waals surface area contributed by atoms with E-state index in [0.29, 0.717) is 0 Å². The zero-order chi connectivity index (χ0) is 44.1. The summed E-state index contributed by atoms with van der Waals surface area (Å²) in [4.78, 5) is 0. The Kier molecular flexibility index (Phi) is 10.7. The van der Waals surface area contributed by atoms with Crippen molar-refractivity contribution in [2.45, 2.75) is 84.5 Å². The Morgan fingerprint density at radius 2 is 0.569 bits per heavy atom. The first-order valence-electron chi connectivity index (χ1n) is 24.4. The van der Waals surface area contributed by atoms with Gasteiger partial charge in [0.05, 0.1) is 0 Å². The topological polar surface area (TPSA) is 0 Å². The van der Waals surface area contributed by atoms with E-state index >= 15 is 0 Å². The van der Waals surface area contributed by atoms with Crippen molar-refractivity contribution in [3.8, 4) is 55.6 Å². The highest BCUT2D eigenvalue weighted by Gasteiger charge is 2.42. The predicted octanol–water partition coefficient (Wildman–Crippen LogP) is 18.7. The molecule has 0 saturated heterocycles. The quantitative estimate of drug-likeness (QED) is 0.108. The fraction of sp³-hybridized carbons (Fsp3) is 0.200. The van der Waals surface area contributed by atoms with Crippen molar-refractivity contribution in [3.05, 3.63) is 204 Å². The largest absolute Gasteiger partial charge is 0.0653 e. The number of fused-ring (bicyclic) bond motifs is 7. The Hall–Kier alpha value is -6.76. The molecule has 65 heavy (non-hydrogen) atoms. The smallest absolute Gasteiger partial charge is 0.0215 e.